The average Bonchev–Trinajstić information content (AvgIpc) is 3.20. The summed E-state index contributed by atoms with van der Waals surface area (Å²) >= 11 is 0. The minimum atomic E-state index is -4.72. The van der Waals surface area contributed by atoms with Crippen molar-refractivity contribution < 1.29 is 22.7 Å². The standard InChI is InChI=1S/C20H15F3N2O2/c21-20(22,23)27-15-9-7-13(8-10-15)25-11-3-4-14(25)12-17-16-5-1-2-6-18(16)24-19(17)26/h1-11,17H,12H2,(H,24,26)/t17-/m1/s1. The van der Waals surface area contributed by atoms with E-state index in [1.165, 1.54) is 12.1 Å². The van der Waals surface area contributed by atoms with Crippen molar-refractivity contribution in [3.8, 4) is 11.4 Å². The largest absolute Gasteiger partial charge is 0.573 e. The Hall–Kier alpha value is -3.22. The van der Waals surface area contributed by atoms with Gasteiger partial charge in [0.05, 0.1) is 5.92 Å². The highest BCUT2D eigenvalue weighted by molar-refractivity contribution is 6.03. The van der Waals surface area contributed by atoms with Gasteiger partial charge in [0.2, 0.25) is 5.91 Å². The second kappa shape index (κ2) is 6.50. The summed E-state index contributed by atoms with van der Waals surface area (Å²) < 4.78 is 42.7. The number of nitrogens with zero attached hydrogens (tertiary/aromatic N) is 1. The van der Waals surface area contributed by atoms with Crippen LogP contribution in [0.2, 0.25) is 0 Å². The Balaban J connectivity index is 1.58. The zero-order chi connectivity index (χ0) is 19.0. The molecule has 1 aromatic heterocycles. The van der Waals surface area contributed by atoms with Crippen LogP contribution >= 0.6 is 0 Å². The molecule has 3 aromatic rings. The third-order valence-electron chi connectivity index (χ3n) is 4.51. The number of rotatable bonds is 4. The zero-order valence-electron chi connectivity index (χ0n) is 14.0. The molecule has 0 radical (unpaired) electrons. The van der Waals surface area contributed by atoms with Crippen LogP contribution in [0.15, 0.2) is 66.9 Å². The van der Waals surface area contributed by atoms with Crippen LogP contribution in [-0.2, 0) is 11.2 Å². The van der Waals surface area contributed by atoms with Gasteiger partial charge in [-0.15, -0.1) is 13.2 Å². The van der Waals surface area contributed by atoms with Gasteiger partial charge in [0, 0.05) is 29.7 Å². The molecule has 0 spiro atoms. The van der Waals surface area contributed by atoms with Crippen molar-refractivity contribution in [1.29, 1.82) is 0 Å². The number of carbonyl (C=O) groups excluding carboxylic acids is 1. The van der Waals surface area contributed by atoms with Gasteiger partial charge in [0.1, 0.15) is 5.75 Å². The fourth-order valence-electron chi connectivity index (χ4n) is 3.33. The second-order valence-electron chi connectivity index (χ2n) is 6.24. The van der Waals surface area contributed by atoms with Gasteiger partial charge < -0.3 is 14.6 Å². The van der Waals surface area contributed by atoms with Gasteiger partial charge in [-0.2, -0.15) is 0 Å². The van der Waals surface area contributed by atoms with Gasteiger partial charge in [0.25, 0.3) is 0 Å². The summed E-state index contributed by atoms with van der Waals surface area (Å²) in [5.74, 6) is -0.635. The highest BCUT2D eigenvalue weighted by Gasteiger charge is 2.32. The molecule has 0 unspecified atom stereocenters. The fraction of sp³-hybridized carbons (Fsp3) is 0.150. The van der Waals surface area contributed by atoms with Crippen LogP contribution in [-0.4, -0.2) is 16.8 Å². The Labute approximate surface area is 153 Å². The molecule has 27 heavy (non-hydrogen) atoms. The number of anilines is 1. The number of carbonyl (C=O) groups is 1. The smallest absolute Gasteiger partial charge is 0.406 e. The Morgan fingerprint density at radius 2 is 1.74 bits per heavy atom. The Kier molecular flexibility index (Phi) is 4.14. The van der Waals surface area contributed by atoms with Gasteiger partial charge in [-0.3, -0.25) is 4.79 Å². The summed E-state index contributed by atoms with van der Waals surface area (Å²) in [6, 6.07) is 16.9. The molecule has 2 heterocycles. The molecule has 0 saturated carbocycles. The first-order chi connectivity index (χ1) is 12.9. The second-order valence-corrected chi connectivity index (χ2v) is 6.24. The lowest BCUT2D eigenvalue weighted by molar-refractivity contribution is -0.274. The first kappa shape index (κ1) is 17.2. The van der Waals surface area contributed by atoms with Gasteiger partial charge in [-0.25, -0.2) is 0 Å². The van der Waals surface area contributed by atoms with Gasteiger partial charge >= 0.3 is 6.36 Å². The zero-order valence-corrected chi connectivity index (χ0v) is 14.0. The predicted octanol–water partition coefficient (Wildman–Crippen LogP) is 4.65. The number of hydrogen-bond donors (Lipinski definition) is 1. The number of para-hydroxylation sites is 1. The van der Waals surface area contributed by atoms with E-state index >= 15 is 0 Å². The number of alkyl halides is 3. The number of hydrogen-bond acceptors (Lipinski definition) is 2. The minimum Gasteiger partial charge on any atom is -0.406 e. The molecule has 1 N–H and O–H groups in total. The van der Waals surface area contributed by atoms with Crippen LogP contribution in [0.3, 0.4) is 0 Å². The maximum Gasteiger partial charge on any atom is 0.573 e. The maximum atomic E-state index is 12.3. The number of fused-ring (bicyclic) bond motifs is 1. The van der Waals surface area contributed by atoms with E-state index in [-0.39, 0.29) is 17.6 Å². The Morgan fingerprint density at radius 3 is 2.48 bits per heavy atom. The molecule has 1 amide bonds. The summed E-state index contributed by atoms with van der Waals surface area (Å²) in [6.07, 6.45) is -2.42. The SMILES string of the molecule is O=C1Nc2ccccc2[C@H]1Cc1cccn1-c1ccc(OC(F)(F)F)cc1. The van der Waals surface area contributed by atoms with E-state index in [9.17, 15) is 18.0 Å². The third kappa shape index (κ3) is 3.53. The first-order valence-electron chi connectivity index (χ1n) is 8.33. The first-order valence-corrected chi connectivity index (χ1v) is 8.33. The summed E-state index contributed by atoms with van der Waals surface area (Å²) in [7, 11) is 0. The third-order valence-corrected chi connectivity index (χ3v) is 4.51. The number of ether oxygens (including phenoxy) is 1. The van der Waals surface area contributed by atoms with Gasteiger partial charge in [0.15, 0.2) is 0 Å². The number of halogens is 3. The molecule has 0 saturated heterocycles. The van der Waals surface area contributed by atoms with Crippen LogP contribution < -0.4 is 10.1 Å². The van der Waals surface area contributed by atoms with E-state index in [2.05, 4.69) is 10.1 Å². The molecule has 138 valence electrons. The molecule has 1 atom stereocenters. The maximum absolute atomic E-state index is 12.3. The molecule has 4 nitrogen and oxygen atoms in total. The van der Waals surface area contributed by atoms with Crippen molar-refractivity contribution in [3.63, 3.8) is 0 Å². The molecule has 0 aliphatic carbocycles. The van der Waals surface area contributed by atoms with Crippen LogP contribution in [0, 0.1) is 0 Å². The van der Waals surface area contributed by atoms with E-state index < -0.39 is 6.36 Å². The van der Waals surface area contributed by atoms with Crippen LogP contribution in [0.4, 0.5) is 18.9 Å². The van der Waals surface area contributed by atoms with E-state index in [0.29, 0.717) is 12.1 Å². The number of amides is 1. The van der Waals surface area contributed by atoms with Crippen molar-refractivity contribution >= 4 is 11.6 Å². The van der Waals surface area contributed by atoms with E-state index in [0.717, 1.165) is 16.9 Å². The number of nitrogens with one attached hydrogen (secondary N) is 1. The summed E-state index contributed by atoms with van der Waals surface area (Å²) in [4.78, 5) is 12.3. The minimum absolute atomic E-state index is 0.0575. The molecule has 0 bridgehead atoms. The van der Waals surface area contributed by atoms with E-state index in [1.54, 1.807) is 12.1 Å². The topological polar surface area (TPSA) is 43.3 Å². The Morgan fingerprint density at radius 1 is 1.00 bits per heavy atom. The molecule has 1 aliphatic rings. The predicted molar refractivity (Wildman–Crippen MR) is 94.0 cm³/mol. The Bertz CT molecular complexity index is 977. The summed E-state index contributed by atoms with van der Waals surface area (Å²) in [6.45, 7) is 0. The molecular formula is C20H15F3N2O2. The quantitative estimate of drug-likeness (QED) is 0.724. The highest BCUT2D eigenvalue weighted by Crippen LogP contribution is 2.35. The van der Waals surface area contributed by atoms with E-state index in [4.69, 9.17) is 0 Å². The molecule has 7 heteroatoms. The van der Waals surface area contributed by atoms with Crippen molar-refractivity contribution in [3.05, 3.63) is 78.1 Å². The molecule has 1 aliphatic heterocycles. The van der Waals surface area contributed by atoms with E-state index in [1.807, 2.05) is 47.2 Å². The monoisotopic (exact) mass is 372 g/mol. The molecule has 4 rings (SSSR count). The molecular weight excluding hydrogens is 357 g/mol. The lowest BCUT2D eigenvalue weighted by atomic mass is 9.95. The molecule has 2 aromatic carbocycles. The lowest BCUT2D eigenvalue weighted by Crippen LogP contribution is -2.17. The summed E-state index contributed by atoms with van der Waals surface area (Å²) in [5, 5.41) is 2.88. The van der Waals surface area contributed by atoms with Crippen molar-refractivity contribution in [1.82, 2.24) is 4.57 Å². The fourth-order valence-corrected chi connectivity index (χ4v) is 3.33. The number of benzene rings is 2. The van der Waals surface area contributed by atoms with Crippen LogP contribution in [0.25, 0.3) is 5.69 Å². The van der Waals surface area contributed by atoms with Crippen molar-refractivity contribution in [2.45, 2.75) is 18.7 Å². The number of aromatic nitrogens is 1. The average molecular weight is 372 g/mol. The highest BCUT2D eigenvalue weighted by atomic mass is 19.4. The summed E-state index contributed by atoms with van der Waals surface area (Å²) in [5.41, 5.74) is 3.34. The van der Waals surface area contributed by atoms with Crippen LogP contribution in [0.1, 0.15) is 17.2 Å². The van der Waals surface area contributed by atoms with Crippen LogP contribution in [0.5, 0.6) is 5.75 Å². The van der Waals surface area contributed by atoms with Gasteiger partial charge in [-0.05, 0) is 48.0 Å². The molecule has 0 fully saturated rings. The van der Waals surface area contributed by atoms with Gasteiger partial charge in [-0.1, -0.05) is 18.2 Å². The normalized spacial score (nSPS) is 16.1. The van der Waals surface area contributed by atoms with Crippen molar-refractivity contribution in [2.75, 3.05) is 5.32 Å². The lowest BCUT2D eigenvalue weighted by Gasteiger charge is -2.14. The van der Waals surface area contributed by atoms with Crippen molar-refractivity contribution in [2.24, 2.45) is 0 Å².